The third-order valence-electron chi connectivity index (χ3n) is 2.68. The smallest absolute Gasteiger partial charge is 0.264 e. The van der Waals surface area contributed by atoms with Crippen molar-refractivity contribution in [2.45, 2.75) is 31.1 Å². The maximum atomic E-state index is 11.4. The van der Waals surface area contributed by atoms with E-state index >= 15 is 0 Å². The summed E-state index contributed by atoms with van der Waals surface area (Å²) in [6.07, 6.45) is 4.22. The van der Waals surface area contributed by atoms with Crippen LogP contribution in [0.5, 0.6) is 0 Å². The van der Waals surface area contributed by atoms with Gasteiger partial charge in [-0.15, -0.1) is 0 Å². The molecule has 1 aliphatic rings. The first kappa shape index (κ1) is 16.5. The van der Waals surface area contributed by atoms with Gasteiger partial charge in [-0.3, -0.25) is 4.79 Å². The maximum absolute atomic E-state index is 11.4. The van der Waals surface area contributed by atoms with Crippen molar-refractivity contribution in [2.24, 2.45) is 0 Å². The number of rotatable bonds is 2. The number of hydrogen-bond donors (Lipinski definition) is 3. The third kappa shape index (κ3) is 6.03. The minimum atomic E-state index is -3.73. The average molecular weight is 299 g/mol. The fourth-order valence-corrected chi connectivity index (χ4v) is 2.69. The van der Waals surface area contributed by atoms with Gasteiger partial charge in [0.05, 0.1) is 4.90 Å². The highest BCUT2D eigenvalue weighted by Crippen LogP contribution is 2.10. The largest absolute Gasteiger partial charge is 0.399 e. The van der Waals surface area contributed by atoms with E-state index in [1.54, 1.807) is 0 Å². The minimum Gasteiger partial charge on any atom is -0.399 e. The molecule has 4 N–H and O–H groups in total. The van der Waals surface area contributed by atoms with Gasteiger partial charge in [-0.05, 0) is 50.2 Å². The van der Waals surface area contributed by atoms with E-state index in [4.69, 9.17) is 5.73 Å². The third-order valence-corrected chi connectivity index (χ3v) is 4.12. The zero-order valence-corrected chi connectivity index (χ0v) is 12.4. The van der Waals surface area contributed by atoms with E-state index in [9.17, 15) is 13.2 Å². The molecule has 0 aliphatic carbocycles. The molecule has 1 saturated heterocycles. The average Bonchev–Trinajstić information content (AvgIpc) is 2.40. The monoisotopic (exact) mass is 299 g/mol. The molecular weight excluding hydrogens is 278 g/mol. The standard InChI is InChI=1S/C8H10N2O3S.C5H11N/c1-6(11)10-14(12,13)8-4-2-7(9)3-5-8;1-2-4-6-5-3-1/h2-5H,9H2,1H3,(H,10,11);6H,1-5H2. The molecule has 112 valence electrons. The first-order valence-corrected chi connectivity index (χ1v) is 8.00. The summed E-state index contributed by atoms with van der Waals surface area (Å²) in [5.74, 6) is -0.623. The van der Waals surface area contributed by atoms with Crippen molar-refractivity contribution in [3.05, 3.63) is 24.3 Å². The van der Waals surface area contributed by atoms with Crippen molar-refractivity contribution >= 4 is 21.6 Å². The SMILES string of the molecule is C1CCNCC1.CC(=O)NS(=O)(=O)c1ccc(N)cc1. The number of anilines is 1. The Morgan fingerprint density at radius 3 is 2.05 bits per heavy atom. The van der Waals surface area contributed by atoms with Crippen LogP contribution in [-0.4, -0.2) is 27.4 Å². The molecule has 0 radical (unpaired) electrons. The molecule has 0 spiro atoms. The van der Waals surface area contributed by atoms with Crippen LogP contribution in [0.4, 0.5) is 5.69 Å². The number of nitrogens with one attached hydrogen (secondary N) is 2. The highest BCUT2D eigenvalue weighted by molar-refractivity contribution is 7.90. The molecule has 1 fully saturated rings. The summed E-state index contributed by atoms with van der Waals surface area (Å²) in [7, 11) is -3.73. The van der Waals surface area contributed by atoms with Crippen LogP contribution in [-0.2, 0) is 14.8 Å². The van der Waals surface area contributed by atoms with Crippen LogP contribution in [0.1, 0.15) is 26.2 Å². The number of hydrogen-bond acceptors (Lipinski definition) is 5. The second-order valence-electron chi connectivity index (χ2n) is 4.54. The summed E-state index contributed by atoms with van der Waals surface area (Å²) in [4.78, 5) is 10.6. The van der Waals surface area contributed by atoms with E-state index in [1.165, 1.54) is 56.6 Å². The van der Waals surface area contributed by atoms with Gasteiger partial charge in [0.1, 0.15) is 0 Å². The molecule has 0 aromatic heterocycles. The van der Waals surface area contributed by atoms with E-state index in [0.29, 0.717) is 5.69 Å². The predicted molar refractivity (Wildman–Crippen MR) is 78.6 cm³/mol. The van der Waals surface area contributed by atoms with Crippen LogP contribution >= 0.6 is 0 Å². The molecule has 1 amide bonds. The van der Waals surface area contributed by atoms with Crippen LogP contribution < -0.4 is 15.8 Å². The topological polar surface area (TPSA) is 101 Å². The Morgan fingerprint density at radius 2 is 1.70 bits per heavy atom. The Labute approximate surface area is 119 Å². The van der Waals surface area contributed by atoms with E-state index in [1.807, 2.05) is 4.72 Å². The first-order valence-electron chi connectivity index (χ1n) is 6.51. The normalized spacial score (nSPS) is 14.8. The minimum absolute atomic E-state index is 0.0156. The molecule has 0 bridgehead atoms. The second kappa shape index (κ2) is 7.86. The number of nitrogens with two attached hydrogens (primary N) is 1. The molecule has 1 aliphatic heterocycles. The Hall–Kier alpha value is -1.60. The quantitative estimate of drug-likeness (QED) is 0.703. The summed E-state index contributed by atoms with van der Waals surface area (Å²) in [5, 5.41) is 3.28. The van der Waals surface area contributed by atoms with Gasteiger partial charge in [0, 0.05) is 12.6 Å². The highest BCUT2D eigenvalue weighted by atomic mass is 32.2. The van der Waals surface area contributed by atoms with Gasteiger partial charge in [-0.2, -0.15) is 0 Å². The van der Waals surface area contributed by atoms with Crippen molar-refractivity contribution < 1.29 is 13.2 Å². The van der Waals surface area contributed by atoms with Gasteiger partial charge in [0.25, 0.3) is 10.0 Å². The number of nitrogen functional groups attached to an aromatic ring is 1. The highest BCUT2D eigenvalue weighted by Gasteiger charge is 2.14. The molecule has 0 unspecified atom stereocenters. The van der Waals surface area contributed by atoms with Crippen molar-refractivity contribution in [1.82, 2.24) is 10.0 Å². The fraction of sp³-hybridized carbons (Fsp3) is 0.462. The summed E-state index contributed by atoms with van der Waals surface area (Å²) in [6.45, 7) is 3.63. The van der Waals surface area contributed by atoms with Crippen molar-refractivity contribution in [3.63, 3.8) is 0 Å². The van der Waals surface area contributed by atoms with Gasteiger partial charge in [-0.25, -0.2) is 13.1 Å². The second-order valence-corrected chi connectivity index (χ2v) is 6.22. The van der Waals surface area contributed by atoms with Crippen LogP contribution in [0, 0.1) is 0 Å². The molecule has 0 saturated carbocycles. The lowest BCUT2D eigenvalue weighted by molar-refractivity contribution is -0.117. The van der Waals surface area contributed by atoms with Crippen molar-refractivity contribution in [3.8, 4) is 0 Å². The van der Waals surface area contributed by atoms with Crippen LogP contribution in [0.3, 0.4) is 0 Å². The number of carbonyl (C=O) groups is 1. The Balaban J connectivity index is 0.000000276. The predicted octanol–water partition coefficient (Wildman–Crippen LogP) is 0.854. The fourth-order valence-electron chi connectivity index (χ4n) is 1.70. The lowest BCUT2D eigenvalue weighted by atomic mass is 10.2. The summed E-state index contributed by atoms with van der Waals surface area (Å²) < 4.78 is 24.6. The van der Waals surface area contributed by atoms with E-state index < -0.39 is 15.9 Å². The summed E-state index contributed by atoms with van der Waals surface area (Å²) in [5.41, 5.74) is 5.85. The van der Waals surface area contributed by atoms with Crippen LogP contribution in [0.15, 0.2) is 29.2 Å². The van der Waals surface area contributed by atoms with Crippen molar-refractivity contribution in [2.75, 3.05) is 18.8 Å². The van der Waals surface area contributed by atoms with Gasteiger partial charge in [0.2, 0.25) is 5.91 Å². The summed E-state index contributed by atoms with van der Waals surface area (Å²) >= 11 is 0. The van der Waals surface area contributed by atoms with Crippen LogP contribution in [0.2, 0.25) is 0 Å². The Kier molecular flexibility index (Phi) is 6.47. The molecule has 2 rings (SSSR count). The van der Waals surface area contributed by atoms with Gasteiger partial charge in [0.15, 0.2) is 0 Å². The molecule has 1 aromatic carbocycles. The lowest BCUT2D eigenvalue weighted by Crippen LogP contribution is -2.28. The molecule has 1 heterocycles. The molecular formula is C13H21N3O3S. The molecule has 1 aromatic rings. The molecule has 20 heavy (non-hydrogen) atoms. The van der Waals surface area contributed by atoms with Gasteiger partial charge in [-0.1, -0.05) is 6.42 Å². The van der Waals surface area contributed by atoms with Crippen molar-refractivity contribution in [1.29, 1.82) is 0 Å². The first-order chi connectivity index (χ1) is 9.42. The molecule has 7 heteroatoms. The number of benzene rings is 1. The number of amides is 1. The number of carbonyl (C=O) groups excluding carboxylic acids is 1. The molecule has 0 atom stereocenters. The number of sulfonamides is 1. The van der Waals surface area contributed by atoms with E-state index in [0.717, 1.165) is 6.92 Å². The van der Waals surface area contributed by atoms with E-state index in [2.05, 4.69) is 5.32 Å². The zero-order valence-electron chi connectivity index (χ0n) is 11.6. The molecule has 6 nitrogen and oxygen atoms in total. The summed E-state index contributed by atoms with van der Waals surface area (Å²) in [6, 6.07) is 5.57. The van der Waals surface area contributed by atoms with Gasteiger partial charge < -0.3 is 11.1 Å². The maximum Gasteiger partial charge on any atom is 0.264 e. The van der Waals surface area contributed by atoms with E-state index in [-0.39, 0.29) is 4.90 Å². The Morgan fingerprint density at radius 1 is 1.15 bits per heavy atom. The lowest BCUT2D eigenvalue weighted by Gasteiger charge is -2.08. The Bertz CT molecular complexity index is 511. The number of piperidine rings is 1. The zero-order chi connectivity index (χ0) is 15.0. The van der Waals surface area contributed by atoms with Gasteiger partial charge >= 0.3 is 0 Å². The van der Waals surface area contributed by atoms with Crippen LogP contribution in [0.25, 0.3) is 0 Å².